The standard InChI is InChI=1S/C19H18N2O3/c1-14-7-9-16(10-8-14)23-13-19(22)20-12-17-11-18(21-24-17)15-5-3-2-4-6-15/h2-11H,12-13H2,1H3,(H,20,22). The summed E-state index contributed by atoms with van der Waals surface area (Å²) in [5.41, 5.74) is 2.86. The molecule has 0 unspecified atom stereocenters. The number of nitrogens with zero attached hydrogens (tertiary/aromatic N) is 1. The molecule has 24 heavy (non-hydrogen) atoms. The molecule has 0 fully saturated rings. The summed E-state index contributed by atoms with van der Waals surface area (Å²) in [7, 11) is 0. The van der Waals surface area contributed by atoms with E-state index in [1.54, 1.807) is 0 Å². The zero-order chi connectivity index (χ0) is 16.8. The van der Waals surface area contributed by atoms with Gasteiger partial charge in [0.2, 0.25) is 0 Å². The summed E-state index contributed by atoms with van der Waals surface area (Å²) in [6, 6.07) is 19.1. The van der Waals surface area contributed by atoms with Crippen LogP contribution < -0.4 is 10.1 Å². The van der Waals surface area contributed by atoms with Crippen molar-refractivity contribution in [3.05, 3.63) is 72.0 Å². The Balaban J connectivity index is 1.48. The molecule has 1 amide bonds. The fraction of sp³-hybridized carbons (Fsp3) is 0.158. The highest BCUT2D eigenvalue weighted by Crippen LogP contribution is 2.18. The molecular weight excluding hydrogens is 304 g/mol. The molecular formula is C19H18N2O3. The third kappa shape index (κ3) is 4.23. The fourth-order valence-electron chi connectivity index (χ4n) is 2.16. The topological polar surface area (TPSA) is 64.4 Å². The van der Waals surface area contributed by atoms with Crippen LogP contribution >= 0.6 is 0 Å². The predicted octanol–water partition coefficient (Wildman–Crippen LogP) is 3.35. The summed E-state index contributed by atoms with van der Waals surface area (Å²) < 4.78 is 10.7. The quantitative estimate of drug-likeness (QED) is 0.756. The third-order valence-electron chi connectivity index (χ3n) is 3.48. The van der Waals surface area contributed by atoms with Gasteiger partial charge in [-0.3, -0.25) is 4.79 Å². The van der Waals surface area contributed by atoms with Gasteiger partial charge < -0.3 is 14.6 Å². The predicted molar refractivity (Wildman–Crippen MR) is 90.5 cm³/mol. The van der Waals surface area contributed by atoms with Crippen molar-refractivity contribution in [2.45, 2.75) is 13.5 Å². The number of ether oxygens (including phenoxy) is 1. The second kappa shape index (κ2) is 7.46. The summed E-state index contributed by atoms with van der Waals surface area (Å²) in [6.45, 7) is 2.23. The smallest absolute Gasteiger partial charge is 0.258 e. The summed E-state index contributed by atoms with van der Waals surface area (Å²) in [5, 5.41) is 6.76. The molecule has 0 atom stereocenters. The molecule has 5 heteroatoms. The van der Waals surface area contributed by atoms with Crippen LogP contribution in [0.2, 0.25) is 0 Å². The molecule has 0 radical (unpaired) electrons. The van der Waals surface area contributed by atoms with E-state index in [0.29, 0.717) is 11.5 Å². The monoisotopic (exact) mass is 322 g/mol. The second-order valence-corrected chi connectivity index (χ2v) is 5.42. The van der Waals surface area contributed by atoms with Crippen molar-refractivity contribution in [2.24, 2.45) is 0 Å². The summed E-state index contributed by atoms with van der Waals surface area (Å²) >= 11 is 0. The highest BCUT2D eigenvalue weighted by atomic mass is 16.5. The molecule has 2 aromatic carbocycles. The van der Waals surface area contributed by atoms with Gasteiger partial charge in [-0.1, -0.05) is 53.2 Å². The SMILES string of the molecule is Cc1ccc(OCC(=O)NCc2cc(-c3ccccc3)no2)cc1. The van der Waals surface area contributed by atoms with Crippen LogP contribution in [0.1, 0.15) is 11.3 Å². The van der Waals surface area contributed by atoms with Crippen LogP contribution in [-0.2, 0) is 11.3 Å². The Bertz CT molecular complexity index is 795. The zero-order valence-corrected chi connectivity index (χ0v) is 13.4. The number of rotatable bonds is 6. The summed E-state index contributed by atoms with van der Waals surface area (Å²) in [5.74, 6) is 1.05. The number of carbonyl (C=O) groups is 1. The largest absolute Gasteiger partial charge is 0.484 e. The van der Waals surface area contributed by atoms with Gasteiger partial charge in [0.15, 0.2) is 12.4 Å². The lowest BCUT2D eigenvalue weighted by Crippen LogP contribution is -2.28. The van der Waals surface area contributed by atoms with E-state index in [0.717, 1.165) is 16.8 Å². The zero-order valence-electron chi connectivity index (χ0n) is 13.4. The van der Waals surface area contributed by atoms with Crippen LogP contribution in [-0.4, -0.2) is 17.7 Å². The molecule has 1 N–H and O–H groups in total. The Morgan fingerprint density at radius 1 is 1.12 bits per heavy atom. The Hall–Kier alpha value is -3.08. The van der Waals surface area contributed by atoms with Crippen molar-refractivity contribution in [3.8, 4) is 17.0 Å². The van der Waals surface area contributed by atoms with Gasteiger partial charge in [-0.15, -0.1) is 0 Å². The average Bonchev–Trinajstić information content (AvgIpc) is 3.09. The first-order valence-corrected chi connectivity index (χ1v) is 7.68. The molecule has 122 valence electrons. The molecule has 0 spiro atoms. The molecule has 0 aliphatic carbocycles. The van der Waals surface area contributed by atoms with Gasteiger partial charge in [0.05, 0.1) is 6.54 Å². The summed E-state index contributed by atoms with van der Waals surface area (Å²) in [6.07, 6.45) is 0. The Morgan fingerprint density at radius 3 is 2.62 bits per heavy atom. The lowest BCUT2D eigenvalue weighted by atomic mass is 10.1. The lowest BCUT2D eigenvalue weighted by molar-refractivity contribution is -0.123. The summed E-state index contributed by atoms with van der Waals surface area (Å²) in [4.78, 5) is 11.8. The van der Waals surface area contributed by atoms with E-state index in [2.05, 4.69) is 10.5 Å². The van der Waals surface area contributed by atoms with E-state index in [9.17, 15) is 4.79 Å². The Kier molecular flexibility index (Phi) is 4.91. The van der Waals surface area contributed by atoms with Crippen LogP contribution in [0.4, 0.5) is 0 Å². The molecule has 0 saturated heterocycles. The number of nitrogens with one attached hydrogen (secondary N) is 1. The van der Waals surface area contributed by atoms with Gasteiger partial charge in [-0.25, -0.2) is 0 Å². The third-order valence-corrected chi connectivity index (χ3v) is 3.48. The molecule has 1 heterocycles. The van der Waals surface area contributed by atoms with E-state index in [-0.39, 0.29) is 19.1 Å². The number of hydrogen-bond acceptors (Lipinski definition) is 4. The molecule has 0 aliphatic heterocycles. The van der Waals surface area contributed by atoms with Crippen molar-refractivity contribution in [1.82, 2.24) is 10.5 Å². The minimum Gasteiger partial charge on any atom is -0.484 e. The van der Waals surface area contributed by atoms with Crippen molar-refractivity contribution in [2.75, 3.05) is 6.61 Å². The maximum Gasteiger partial charge on any atom is 0.258 e. The van der Waals surface area contributed by atoms with E-state index < -0.39 is 0 Å². The van der Waals surface area contributed by atoms with Crippen LogP contribution in [0.3, 0.4) is 0 Å². The number of aryl methyl sites for hydroxylation is 1. The van der Waals surface area contributed by atoms with E-state index in [1.165, 1.54) is 0 Å². The molecule has 0 saturated carbocycles. The van der Waals surface area contributed by atoms with Crippen LogP contribution in [0.5, 0.6) is 5.75 Å². The number of benzene rings is 2. The molecule has 5 nitrogen and oxygen atoms in total. The normalized spacial score (nSPS) is 10.4. The Labute approximate surface area is 140 Å². The average molecular weight is 322 g/mol. The van der Waals surface area contributed by atoms with Crippen molar-refractivity contribution in [3.63, 3.8) is 0 Å². The van der Waals surface area contributed by atoms with Crippen molar-refractivity contribution in [1.29, 1.82) is 0 Å². The Morgan fingerprint density at radius 2 is 1.88 bits per heavy atom. The molecule has 0 aliphatic rings. The highest BCUT2D eigenvalue weighted by Gasteiger charge is 2.08. The maximum absolute atomic E-state index is 11.8. The van der Waals surface area contributed by atoms with Gasteiger partial charge in [0, 0.05) is 11.6 Å². The first kappa shape index (κ1) is 15.8. The minimum absolute atomic E-state index is 0.0389. The molecule has 3 aromatic rings. The second-order valence-electron chi connectivity index (χ2n) is 5.42. The van der Waals surface area contributed by atoms with Gasteiger partial charge in [0.1, 0.15) is 11.4 Å². The van der Waals surface area contributed by atoms with E-state index in [1.807, 2.05) is 67.6 Å². The van der Waals surface area contributed by atoms with Crippen LogP contribution in [0.25, 0.3) is 11.3 Å². The highest BCUT2D eigenvalue weighted by molar-refractivity contribution is 5.77. The first-order valence-electron chi connectivity index (χ1n) is 7.68. The van der Waals surface area contributed by atoms with Crippen molar-refractivity contribution < 1.29 is 14.1 Å². The van der Waals surface area contributed by atoms with E-state index in [4.69, 9.17) is 9.26 Å². The van der Waals surface area contributed by atoms with Crippen molar-refractivity contribution >= 4 is 5.91 Å². The number of carbonyl (C=O) groups excluding carboxylic acids is 1. The lowest BCUT2D eigenvalue weighted by Gasteiger charge is -2.06. The first-order chi connectivity index (χ1) is 11.7. The van der Waals surface area contributed by atoms with Gasteiger partial charge in [-0.05, 0) is 19.1 Å². The molecule has 3 rings (SSSR count). The van der Waals surface area contributed by atoms with E-state index >= 15 is 0 Å². The van der Waals surface area contributed by atoms with Crippen LogP contribution in [0.15, 0.2) is 65.2 Å². The number of amides is 1. The number of hydrogen-bond donors (Lipinski definition) is 1. The molecule has 1 aromatic heterocycles. The number of aromatic nitrogens is 1. The molecule has 0 bridgehead atoms. The van der Waals surface area contributed by atoms with Gasteiger partial charge in [0.25, 0.3) is 5.91 Å². The van der Waals surface area contributed by atoms with Gasteiger partial charge >= 0.3 is 0 Å². The fourth-order valence-corrected chi connectivity index (χ4v) is 2.16. The van der Waals surface area contributed by atoms with Gasteiger partial charge in [-0.2, -0.15) is 0 Å². The minimum atomic E-state index is -0.215. The van der Waals surface area contributed by atoms with Crippen LogP contribution in [0, 0.1) is 6.92 Å². The maximum atomic E-state index is 11.8.